The van der Waals surface area contributed by atoms with Gasteiger partial charge in [0, 0.05) is 5.54 Å². The maximum atomic E-state index is 5.44. The predicted octanol–water partition coefficient (Wildman–Crippen LogP) is 1.69. The molecule has 4 N–H and O–H groups in total. The Labute approximate surface area is 113 Å². The lowest BCUT2D eigenvalue weighted by molar-refractivity contribution is 0.292. The summed E-state index contributed by atoms with van der Waals surface area (Å²) in [6.45, 7) is 4.79. The number of ether oxygens (including phenoxy) is 1. The van der Waals surface area contributed by atoms with Gasteiger partial charge in [0.2, 0.25) is 11.9 Å². The second-order valence-corrected chi connectivity index (χ2v) is 5.15. The number of nitrogens with zero attached hydrogens (tertiary/aromatic N) is 3. The molecule has 0 radical (unpaired) electrons. The lowest BCUT2D eigenvalue weighted by Gasteiger charge is -2.25. The lowest BCUT2D eigenvalue weighted by Crippen LogP contribution is -2.32. The zero-order valence-corrected chi connectivity index (χ0v) is 11.6. The minimum absolute atomic E-state index is 0.0508. The molecule has 1 heterocycles. The summed E-state index contributed by atoms with van der Waals surface area (Å²) in [5.74, 6) is 6.19. The van der Waals surface area contributed by atoms with Crippen molar-refractivity contribution in [2.75, 3.05) is 17.3 Å². The normalized spacial score (nSPS) is 17.2. The number of hydrogen-bond donors (Lipinski definition) is 3. The molecule has 2 rings (SSSR count). The molecule has 7 nitrogen and oxygen atoms in total. The topological polar surface area (TPSA) is 98.0 Å². The molecule has 19 heavy (non-hydrogen) atoms. The van der Waals surface area contributed by atoms with Gasteiger partial charge in [-0.15, -0.1) is 0 Å². The van der Waals surface area contributed by atoms with Crippen LogP contribution in [0.1, 0.15) is 46.0 Å². The molecule has 106 valence electrons. The number of rotatable bonds is 6. The van der Waals surface area contributed by atoms with Crippen LogP contribution in [-0.4, -0.2) is 27.1 Å². The molecule has 1 aliphatic rings. The van der Waals surface area contributed by atoms with Gasteiger partial charge in [-0.25, -0.2) is 5.84 Å². The van der Waals surface area contributed by atoms with Gasteiger partial charge in [0.05, 0.1) is 6.61 Å². The summed E-state index contributed by atoms with van der Waals surface area (Å²) in [5.41, 5.74) is 2.49. The Morgan fingerprint density at radius 3 is 2.53 bits per heavy atom. The van der Waals surface area contributed by atoms with Crippen LogP contribution >= 0.6 is 0 Å². The summed E-state index contributed by atoms with van der Waals surface area (Å²) >= 11 is 0. The van der Waals surface area contributed by atoms with Crippen LogP contribution in [0.5, 0.6) is 6.01 Å². The fraction of sp³-hybridized carbons (Fsp3) is 0.750. The number of hydrazine groups is 1. The smallest absolute Gasteiger partial charge is 0.323 e. The first-order valence-corrected chi connectivity index (χ1v) is 6.79. The van der Waals surface area contributed by atoms with E-state index in [1.807, 2.05) is 6.92 Å². The molecular formula is C12H22N6O. The molecule has 1 aromatic heterocycles. The van der Waals surface area contributed by atoms with E-state index in [0.29, 0.717) is 24.5 Å². The summed E-state index contributed by atoms with van der Waals surface area (Å²) in [6, 6.07) is 0.300. The van der Waals surface area contributed by atoms with Crippen molar-refractivity contribution in [3.05, 3.63) is 0 Å². The molecule has 0 saturated heterocycles. The van der Waals surface area contributed by atoms with Crippen LogP contribution in [-0.2, 0) is 0 Å². The second-order valence-electron chi connectivity index (χ2n) is 5.15. The van der Waals surface area contributed by atoms with Gasteiger partial charge < -0.3 is 10.1 Å². The molecule has 1 aliphatic carbocycles. The standard InChI is InChI=1S/C12H22N6O/c1-3-8-19-11-15-9(14-10(16-11)18-13)17-12(2)6-4-5-7-12/h3-8,13H2,1-2H3,(H2,14,15,16,17,18). The van der Waals surface area contributed by atoms with Crippen molar-refractivity contribution in [3.8, 4) is 6.01 Å². The Bertz CT molecular complexity index is 419. The third kappa shape index (κ3) is 3.66. The van der Waals surface area contributed by atoms with Gasteiger partial charge in [0.1, 0.15) is 0 Å². The number of hydrogen-bond acceptors (Lipinski definition) is 7. The predicted molar refractivity (Wildman–Crippen MR) is 73.9 cm³/mol. The van der Waals surface area contributed by atoms with Crippen LogP contribution in [0.15, 0.2) is 0 Å². The molecule has 0 aromatic carbocycles. The number of nitrogen functional groups attached to an aromatic ring is 1. The molecular weight excluding hydrogens is 244 g/mol. The third-order valence-corrected chi connectivity index (χ3v) is 3.30. The fourth-order valence-electron chi connectivity index (χ4n) is 2.29. The van der Waals surface area contributed by atoms with Crippen molar-refractivity contribution < 1.29 is 4.74 Å². The molecule has 1 saturated carbocycles. The van der Waals surface area contributed by atoms with Crippen LogP contribution in [0, 0.1) is 0 Å². The van der Waals surface area contributed by atoms with Crippen LogP contribution in [0.4, 0.5) is 11.9 Å². The van der Waals surface area contributed by atoms with Crippen LogP contribution in [0.2, 0.25) is 0 Å². The Hall–Kier alpha value is -1.63. The largest absolute Gasteiger partial charge is 0.463 e. The lowest BCUT2D eigenvalue weighted by atomic mass is 10.0. The van der Waals surface area contributed by atoms with Crippen molar-refractivity contribution in [2.45, 2.75) is 51.5 Å². The highest BCUT2D eigenvalue weighted by Crippen LogP contribution is 2.31. The quantitative estimate of drug-likeness (QED) is 0.532. The van der Waals surface area contributed by atoms with E-state index in [1.54, 1.807) is 0 Å². The first-order chi connectivity index (χ1) is 9.15. The Kier molecular flexibility index (Phi) is 4.36. The maximum absolute atomic E-state index is 5.44. The average Bonchev–Trinajstić information content (AvgIpc) is 2.82. The molecule has 0 spiro atoms. The van der Waals surface area contributed by atoms with Gasteiger partial charge in [0.15, 0.2) is 0 Å². The number of nitrogens with one attached hydrogen (secondary N) is 2. The highest BCUT2D eigenvalue weighted by atomic mass is 16.5. The zero-order chi connectivity index (χ0) is 13.7. The first kappa shape index (κ1) is 13.8. The van der Waals surface area contributed by atoms with Gasteiger partial charge in [0.25, 0.3) is 0 Å². The van der Waals surface area contributed by atoms with Gasteiger partial charge in [-0.2, -0.15) is 15.0 Å². The van der Waals surface area contributed by atoms with E-state index in [-0.39, 0.29) is 5.54 Å². The molecule has 1 aromatic rings. The van der Waals surface area contributed by atoms with E-state index in [9.17, 15) is 0 Å². The average molecular weight is 266 g/mol. The number of nitrogens with two attached hydrogens (primary N) is 1. The summed E-state index contributed by atoms with van der Waals surface area (Å²) in [5, 5.41) is 3.37. The molecule has 0 bridgehead atoms. The highest BCUT2D eigenvalue weighted by Gasteiger charge is 2.29. The fourth-order valence-corrected chi connectivity index (χ4v) is 2.29. The minimum atomic E-state index is 0.0508. The number of aromatic nitrogens is 3. The molecule has 0 atom stereocenters. The SMILES string of the molecule is CCCOc1nc(NN)nc(NC2(C)CCCC2)n1. The van der Waals surface area contributed by atoms with E-state index >= 15 is 0 Å². The Morgan fingerprint density at radius 2 is 1.89 bits per heavy atom. The molecule has 0 unspecified atom stereocenters. The van der Waals surface area contributed by atoms with E-state index in [1.165, 1.54) is 12.8 Å². The van der Waals surface area contributed by atoms with Gasteiger partial charge in [-0.05, 0) is 26.2 Å². The van der Waals surface area contributed by atoms with Gasteiger partial charge >= 0.3 is 6.01 Å². The van der Waals surface area contributed by atoms with E-state index < -0.39 is 0 Å². The third-order valence-electron chi connectivity index (χ3n) is 3.30. The van der Waals surface area contributed by atoms with Crippen LogP contribution < -0.4 is 21.3 Å². The molecule has 0 aliphatic heterocycles. The van der Waals surface area contributed by atoms with E-state index in [4.69, 9.17) is 10.6 Å². The summed E-state index contributed by atoms with van der Waals surface area (Å²) in [6.07, 6.45) is 5.60. The van der Waals surface area contributed by atoms with Crippen molar-refractivity contribution in [1.82, 2.24) is 15.0 Å². The van der Waals surface area contributed by atoms with Crippen molar-refractivity contribution in [1.29, 1.82) is 0 Å². The highest BCUT2D eigenvalue weighted by molar-refractivity contribution is 5.37. The van der Waals surface area contributed by atoms with E-state index in [2.05, 4.69) is 32.6 Å². The summed E-state index contributed by atoms with van der Waals surface area (Å²) < 4.78 is 5.44. The van der Waals surface area contributed by atoms with Crippen LogP contribution in [0.3, 0.4) is 0 Å². The second kappa shape index (κ2) is 6.01. The molecule has 7 heteroatoms. The summed E-state index contributed by atoms with van der Waals surface area (Å²) in [7, 11) is 0. The molecule has 0 amide bonds. The van der Waals surface area contributed by atoms with E-state index in [0.717, 1.165) is 19.3 Å². The van der Waals surface area contributed by atoms with Crippen molar-refractivity contribution in [2.24, 2.45) is 5.84 Å². The van der Waals surface area contributed by atoms with Crippen LogP contribution in [0.25, 0.3) is 0 Å². The Morgan fingerprint density at radius 1 is 1.21 bits per heavy atom. The first-order valence-electron chi connectivity index (χ1n) is 6.79. The zero-order valence-electron chi connectivity index (χ0n) is 11.6. The maximum Gasteiger partial charge on any atom is 0.323 e. The van der Waals surface area contributed by atoms with Crippen molar-refractivity contribution >= 4 is 11.9 Å². The van der Waals surface area contributed by atoms with Gasteiger partial charge in [-0.1, -0.05) is 19.8 Å². The monoisotopic (exact) mass is 266 g/mol. The van der Waals surface area contributed by atoms with Gasteiger partial charge in [-0.3, -0.25) is 5.43 Å². The number of anilines is 2. The molecule has 1 fully saturated rings. The Balaban J connectivity index is 2.14. The summed E-state index contributed by atoms with van der Waals surface area (Å²) in [4.78, 5) is 12.6. The van der Waals surface area contributed by atoms with Crippen molar-refractivity contribution in [3.63, 3.8) is 0 Å². The minimum Gasteiger partial charge on any atom is -0.463 e.